The minimum absolute atomic E-state index is 0.0875. The van der Waals surface area contributed by atoms with E-state index < -0.39 is 14.9 Å². The average molecular weight is 512 g/mol. The molecule has 8 nitrogen and oxygen atoms in total. The van der Waals surface area contributed by atoms with Crippen LogP contribution >= 0.6 is 27.5 Å². The number of rotatable bonds is 7. The van der Waals surface area contributed by atoms with Gasteiger partial charge in [0.2, 0.25) is 0 Å². The maximum Gasteiger partial charge on any atom is 0.270 e. The molecule has 1 aliphatic carbocycles. The van der Waals surface area contributed by atoms with E-state index in [1.165, 1.54) is 18.3 Å². The SMILES string of the molecule is O=[N+]([O-])c1ccc(N/N=C/c2ccc(Br)cc2)c(S(=O)(=O)NC2=C(Cl)C=CCC2)c1. The molecule has 1 aliphatic rings. The lowest BCUT2D eigenvalue weighted by Crippen LogP contribution is -2.25. The van der Waals surface area contributed by atoms with Gasteiger partial charge in [0.15, 0.2) is 0 Å². The first-order valence-corrected chi connectivity index (χ1v) is 11.3. The van der Waals surface area contributed by atoms with Crippen LogP contribution in [0.2, 0.25) is 0 Å². The maximum atomic E-state index is 13.0. The number of non-ortho nitro benzene ring substituents is 1. The summed E-state index contributed by atoms with van der Waals surface area (Å²) in [6.07, 6.45) is 5.98. The normalized spacial score (nSPS) is 14.2. The molecule has 0 aliphatic heterocycles. The van der Waals surface area contributed by atoms with Crippen LogP contribution in [0.4, 0.5) is 11.4 Å². The van der Waals surface area contributed by atoms with Gasteiger partial charge in [0.05, 0.1) is 21.9 Å². The summed E-state index contributed by atoms with van der Waals surface area (Å²) in [5, 5.41) is 15.5. The smallest absolute Gasteiger partial charge is 0.270 e. The zero-order valence-electron chi connectivity index (χ0n) is 15.4. The van der Waals surface area contributed by atoms with Gasteiger partial charge in [-0.2, -0.15) is 5.10 Å². The standard InChI is InChI=1S/C19H16BrClN4O4S/c20-14-7-5-13(6-8-14)12-22-23-18-10-9-15(25(26)27)11-19(18)30(28,29)24-17-4-2-1-3-16(17)21/h1,3,5-12,23-24H,2,4H2/b22-12+. The summed E-state index contributed by atoms with van der Waals surface area (Å²) in [5.41, 5.74) is 3.49. The van der Waals surface area contributed by atoms with Gasteiger partial charge in [-0.15, -0.1) is 0 Å². The van der Waals surface area contributed by atoms with Crippen molar-refractivity contribution in [2.75, 3.05) is 5.43 Å². The Hall–Kier alpha value is -2.69. The van der Waals surface area contributed by atoms with Crippen molar-refractivity contribution in [1.29, 1.82) is 0 Å². The molecule has 0 saturated carbocycles. The highest BCUT2D eigenvalue weighted by atomic mass is 79.9. The molecule has 0 fully saturated rings. The largest absolute Gasteiger partial charge is 0.282 e. The number of allylic oxidation sites excluding steroid dienone is 4. The van der Waals surface area contributed by atoms with Crippen molar-refractivity contribution in [2.45, 2.75) is 17.7 Å². The van der Waals surface area contributed by atoms with Gasteiger partial charge in [0.1, 0.15) is 4.90 Å². The second kappa shape index (κ2) is 9.41. The lowest BCUT2D eigenvalue weighted by molar-refractivity contribution is -0.385. The summed E-state index contributed by atoms with van der Waals surface area (Å²) in [4.78, 5) is 10.2. The molecule has 0 unspecified atom stereocenters. The van der Waals surface area contributed by atoms with Crippen molar-refractivity contribution >= 4 is 55.1 Å². The summed E-state index contributed by atoms with van der Waals surface area (Å²) < 4.78 is 29.3. The van der Waals surface area contributed by atoms with Gasteiger partial charge in [-0.1, -0.05) is 45.7 Å². The van der Waals surface area contributed by atoms with E-state index in [0.29, 0.717) is 18.5 Å². The van der Waals surface area contributed by atoms with E-state index >= 15 is 0 Å². The number of benzene rings is 2. The predicted octanol–water partition coefficient (Wildman–Crippen LogP) is 4.88. The Balaban J connectivity index is 1.92. The van der Waals surface area contributed by atoms with Crippen LogP contribution in [0.5, 0.6) is 0 Å². The minimum atomic E-state index is -4.15. The first-order valence-electron chi connectivity index (χ1n) is 8.67. The molecule has 0 atom stereocenters. The molecule has 0 spiro atoms. The third kappa shape index (κ3) is 5.47. The number of nitrogens with one attached hydrogen (secondary N) is 2. The Morgan fingerprint density at radius 2 is 1.93 bits per heavy atom. The highest BCUT2D eigenvalue weighted by molar-refractivity contribution is 9.10. The first kappa shape index (κ1) is 22.0. The van der Waals surface area contributed by atoms with Crippen molar-refractivity contribution in [1.82, 2.24) is 4.72 Å². The van der Waals surface area contributed by atoms with Crippen LogP contribution in [-0.4, -0.2) is 19.6 Å². The molecule has 0 bridgehead atoms. The first-order chi connectivity index (χ1) is 14.3. The molecule has 0 saturated heterocycles. The molecule has 0 radical (unpaired) electrons. The topological polar surface area (TPSA) is 114 Å². The van der Waals surface area contributed by atoms with Crippen LogP contribution in [-0.2, 0) is 10.0 Å². The number of nitrogens with zero attached hydrogens (tertiary/aromatic N) is 2. The Morgan fingerprint density at radius 3 is 2.60 bits per heavy atom. The second-order valence-corrected chi connectivity index (χ2v) is 9.21. The molecule has 3 rings (SSSR count). The average Bonchev–Trinajstić information content (AvgIpc) is 2.71. The summed E-state index contributed by atoms with van der Waals surface area (Å²) in [5.74, 6) is 0. The van der Waals surface area contributed by atoms with Crippen LogP contribution in [0.1, 0.15) is 18.4 Å². The van der Waals surface area contributed by atoms with E-state index in [1.807, 2.05) is 30.3 Å². The molecule has 0 aromatic heterocycles. The molecular weight excluding hydrogens is 496 g/mol. The van der Waals surface area contributed by atoms with E-state index in [-0.39, 0.29) is 21.3 Å². The fourth-order valence-electron chi connectivity index (χ4n) is 2.62. The van der Waals surface area contributed by atoms with Gasteiger partial charge in [0, 0.05) is 22.3 Å². The highest BCUT2D eigenvalue weighted by Gasteiger charge is 2.24. The summed E-state index contributed by atoms with van der Waals surface area (Å²) in [7, 11) is -4.15. The van der Waals surface area contributed by atoms with E-state index in [1.54, 1.807) is 6.08 Å². The van der Waals surface area contributed by atoms with E-state index in [9.17, 15) is 18.5 Å². The lowest BCUT2D eigenvalue weighted by atomic mass is 10.1. The van der Waals surface area contributed by atoms with Crippen LogP contribution in [0.3, 0.4) is 0 Å². The van der Waals surface area contributed by atoms with Gasteiger partial charge in [-0.25, -0.2) is 8.42 Å². The Labute approximate surface area is 186 Å². The third-order valence-electron chi connectivity index (χ3n) is 4.11. The van der Waals surface area contributed by atoms with Gasteiger partial charge in [0.25, 0.3) is 15.7 Å². The van der Waals surface area contributed by atoms with Gasteiger partial charge < -0.3 is 0 Å². The van der Waals surface area contributed by atoms with Gasteiger partial charge in [-0.05, 0) is 42.7 Å². The lowest BCUT2D eigenvalue weighted by Gasteiger charge is -2.16. The summed E-state index contributed by atoms with van der Waals surface area (Å²) >= 11 is 9.41. The Kier molecular flexibility index (Phi) is 6.91. The zero-order chi connectivity index (χ0) is 21.7. The minimum Gasteiger partial charge on any atom is -0.282 e. The molecule has 11 heteroatoms. The predicted molar refractivity (Wildman–Crippen MR) is 120 cm³/mol. The Bertz CT molecular complexity index is 1160. The molecule has 2 N–H and O–H groups in total. The zero-order valence-corrected chi connectivity index (χ0v) is 18.5. The third-order valence-corrected chi connectivity index (χ3v) is 6.42. The number of hydrogen-bond donors (Lipinski definition) is 2. The van der Waals surface area contributed by atoms with Gasteiger partial charge >= 0.3 is 0 Å². The molecule has 2 aromatic carbocycles. The highest BCUT2D eigenvalue weighted by Crippen LogP contribution is 2.29. The monoisotopic (exact) mass is 510 g/mol. The van der Waals surface area contributed by atoms with E-state index in [0.717, 1.165) is 16.1 Å². The van der Waals surface area contributed by atoms with Crippen molar-refractivity contribution in [2.24, 2.45) is 5.10 Å². The van der Waals surface area contributed by atoms with E-state index in [4.69, 9.17) is 11.6 Å². The number of hydrazone groups is 1. The van der Waals surface area contributed by atoms with Crippen molar-refractivity contribution in [3.8, 4) is 0 Å². The fourth-order valence-corrected chi connectivity index (χ4v) is 4.49. The fraction of sp³-hybridized carbons (Fsp3) is 0.105. The van der Waals surface area contributed by atoms with Crippen LogP contribution in [0.15, 0.2) is 79.8 Å². The molecule has 0 amide bonds. The number of nitro benzene ring substituents is 1. The van der Waals surface area contributed by atoms with Crippen molar-refractivity contribution in [3.05, 3.63) is 85.5 Å². The second-order valence-electron chi connectivity index (χ2n) is 6.23. The van der Waals surface area contributed by atoms with E-state index in [2.05, 4.69) is 31.2 Å². The van der Waals surface area contributed by atoms with Crippen molar-refractivity contribution < 1.29 is 13.3 Å². The number of nitro groups is 1. The number of sulfonamides is 1. The molecule has 156 valence electrons. The number of hydrogen-bond acceptors (Lipinski definition) is 6. The van der Waals surface area contributed by atoms with Gasteiger partial charge in [-0.3, -0.25) is 20.3 Å². The number of anilines is 1. The molecule has 0 heterocycles. The van der Waals surface area contributed by atoms with Crippen molar-refractivity contribution in [3.63, 3.8) is 0 Å². The molecule has 2 aromatic rings. The quantitative estimate of drug-likeness (QED) is 0.312. The maximum absolute atomic E-state index is 13.0. The number of halogens is 2. The summed E-state index contributed by atoms with van der Waals surface area (Å²) in [6, 6.07) is 10.8. The molecule has 30 heavy (non-hydrogen) atoms. The van der Waals surface area contributed by atoms with Crippen LogP contribution in [0, 0.1) is 10.1 Å². The molecular formula is C19H16BrClN4O4S. The van der Waals surface area contributed by atoms with Crippen LogP contribution in [0.25, 0.3) is 0 Å². The summed E-state index contributed by atoms with van der Waals surface area (Å²) in [6.45, 7) is 0. The Morgan fingerprint density at radius 1 is 1.20 bits per heavy atom. The van der Waals surface area contributed by atoms with Crippen LogP contribution < -0.4 is 10.1 Å².